The van der Waals surface area contributed by atoms with E-state index in [0.717, 1.165) is 0 Å². The van der Waals surface area contributed by atoms with Crippen LogP contribution in [0.2, 0.25) is 0 Å². The zero-order valence-corrected chi connectivity index (χ0v) is 12.0. The van der Waals surface area contributed by atoms with Gasteiger partial charge in [0.25, 0.3) is 0 Å². The fourth-order valence-corrected chi connectivity index (χ4v) is 3.02. The second-order valence-electron chi connectivity index (χ2n) is 4.39. The average Bonchev–Trinajstić information content (AvgIpc) is 2.76. The van der Waals surface area contributed by atoms with Gasteiger partial charge in [-0.3, -0.25) is 9.36 Å². The summed E-state index contributed by atoms with van der Waals surface area (Å²) in [6, 6.07) is 6.24. The molecule has 2 N–H and O–H groups in total. The number of hydrogen-bond donors (Lipinski definition) is 2. The first-order chi connectivity index (χ1) is 9.93. The fraction of sp³-hybridized carbons (Fsp3) is 0.214. The van der Waals surface area contributed by atoms with E-state index in [1.807, 2.05) is 0 Å². The number of benzene rings is 1. The van der Waals surface area contributed by atoms with Crippen molar-refractivity contribution in [3.8, 4) is 0 Å². The van der Waals surface area contributed by atoms with E-state index in [2.05, 4.69) is 0 Å². The van der Waals surface area contributed by atoms with Gasteiger partial charge in [-0.25, -0.2) is 9.59 Å². The van der Waals surface area contributed by atoms with Gasteiger partial charge >= 0.3 is 16.8 Å². The van der Waals surface area contributed by atoms with E-state index in [1.165, 1.54) is 16.7 Å². The highest BCUT2D eigenvalue weighted by Gasteiger charge is 2.19. The molecule has 0 unspecified atom stereocenters. The Balaban J connectivity index is 2.44. The first-order valence-corrected chi connectivity index (χ1v) is 7.03. The van der Waals surface area contributed by atoms with E-state index in [-0.39, 0.29) is 21.9 Å². The predicted molar refractivity (Wildman–Crippen MR) is 77.4 cm³/mol. The van der Waals surface area contributed by atoms with Crippen LogP contribution in [0.4, 0.5) is 0 Å². The number of carbonyl (C=O) groups is 2. The summed E-state index contributed by atoms with van der Waals surface area (Å²) in [5.74, 6) is -2.16. The van der Waals surface area contributed by atoms with Crippen molar-refractivity contribution in [2.45, 2.75) is 19.9 Å². The van der Waals surface area contributed by atoms with Crippen LogP contribution in [0.5, 0.6) is 0 Å². The van der Waals surface area contributed by atoms with E-state index >= 15 is 0 Å². The Morgan fingerprint density at radius 1 is 1.24 bits per heavy atom. The molecule has 0 amide bonds. The molecule has 0 aliphatic carbocycles. The Hall–Kier alpha value is -2.41. The number of aromatic carboxylic acids is 2. The normalized spacial score (nSPS) is 10.5. The van der Waals surface area contributed by atoms with Crippen molar-refractivity contribution in [1.82, 2.24) is 4.57 Å². The zero-order valence-electron chi connectivity index (χ0n) is 11.2. The number of rotatable bonds is 5. The van der Waals surface area contributed by atoms with E-state index in [9.17, 15) is 14.4 Å². The maximum absolute atomic E-state index is 11.9. The van der Waals surface area contributed by atoms with Crippen molar-refractivity contribution >= 4 is 23.3 Å². The molecule has 7 heteroatoms. The van der Waals surface area contributed by atoms with Gasteiger partial charge in [0.2, 0.25) is 0 Å². The van der Waals surface area contributed by atoms with E-state index in [0.29, 0.717) is 29.0 Å². The van der Waals surface area contributed by atoms with Gasteiger partial charge in [-0.2, -0.15) is 0 Å². The number of nitrogens with zero attached hydrogens (tertiary/aromatic N) is 1. The van der Waals surface area contributed by atoms with Crippen LogP contribution in [-0.4, -0.2) is 26.7 Å². The Labute approximate surface area is 123 Å². The summed E-state index contributed by atoms with van der Waals surface area (Å²) in [6.07, 6.45) is 0.416. The number of carboxylic acids is 2. The molecule has 0 fully saturated rings. The molecule has 0 saturated carbocycles. The first-order valence-electron chi connectivity index (χ1n) is 6.22. The molecule has 0 aliphatic rings. The van der Waals surface area contributed by atoms with Crippen LogP contribution in [0.1, 0.15) is 38.2 Å². The summed E-state index contributed by atoms with van der Waals surface area (Å²) < 4.78 is 1.38. The summed E-state index contributed by atoms with van der Waals surface area (Å²) in [4.78, 5) is 33.7. The predicted octanol–water partition coefficient (Wildman–Crippen LogP) is 1.92. The largest absolute Gasteiger partial charge is 0.478 e. The van der Waals surface area contributed by atoms with Crippen molar-refractivity contribution < 1.29 is 19.8 Å². The molecule has 2 aromatic rings. The Kier molecular flexibility index (Phi) is 4.23. The summed E-state index contributed by atoms with van der Waals surface area (Å²) in [6.45, 7) is 1.94. The zero-order chi connectivity index (χ0) is 15.6. The minimum atomic E-state index is -1.12. The highest BCUT2D eigenvalue weighted by molar-refractivity contribution is 7.11. The van der Waals surface area contributed by atoms with Crippen LogP contribution in [0.15, 0.2) is 29.1 Å². The van der Waals surface area contributed by atoms with Gasteiger partial charge in [0, 0.05) is 5.69 Å². The molecule has 0 radical (unpaired) electrons. The summed E-state index contributed by atoms with van der Waals surface area (Å²) in [5.41, 5.74) is 1.23. The van der Waals surface area contributed by atoms with Crippen LogP contribution in [-0.2, 0) is 13.0 Å². The molecule has 1 aromatic carbocycles. The molecule has 1 heterocycles. The van der Waals surface area contributed by atoms with Crippen LogP contribution < -0.4 is 4.87 Å². The van der Waals surface area contributed by atoms with Crippen molar-refractivity contribution in [1.29, 1.82) is 0 Å². The maximum atomic E-state index is 11.9. The number of aromatic nitrogens is 1. The van der Waals surface area contributed by atoms with Crippen molar-refractivity contribution in [3.05, 3.63) is 55.6 Å². The molecular formula is C14H13NO5S. The van der Waals surface area contributed by atoms with E-state index in [1.54, 1.807) is 19.1 Å². The third kappa shape index (κ3) is 3.03. The van der Waals surface area contributed by atoms with Crippen LogP contribution in [0.3, 0.4) is 0 Å². The van der Waals surface area contributed by atoms with Crippen LogP contribution >= 0.6 is 11.3 Å². The number of carboxylic acid groups (broad SMARTS) is 2. The van der Waals surface area contributed by atoms with Gasteiger partial charge in [0.15, 0.2) is 0 Å². The molecule has 0 bridgehead atoms. The SMILES string of the molecule is CCc1c(C(=O)O)sc(=O)n1Cc1cccc(C(=O)O)c1. The van der Waals surface area contributed by atoms with E-state index in [4.69, 9.17) is 10.2 Å². The Morgan fingerprint density at radius 2 is 1.95 bits per heavy atom. The molecule has 1 aromatic heterocycles. The highest BCUT2D eigenvalue weighted by Crippen LogP contribution is 2.16. The van der Waals surface area contributed by atoms with Crippen LogP contribution in [0, 0.1) is 0 Å². The Bertz CT molecular complexity index is 759. The lowest BCUT2D eigenvalue weighted by atomic mass is 10.1. The van der Waals surface area contributed by atoms with Gasteiger partial charge in [0.1, 0.15) is 4.88 Å². The molecule has 0 aliphatic heterocycles. The second kappa shape index (κ2) is 5.92. The minimum Gasteiger partial charge on any atom is -0.478 e. The van der Waals surface area contributed by atoms with Crippen LogP contribution in [0.25, 0.3) is 0 Å². The lowest BCUT2D eigenvalue weighted by molar-refractivity contribution is 0.0687. The molecule has 0 spiro atoms. The molecule has 2 rings (SSSR count). The van der Waals surface area contributed by atoms with Gasteiger partial charge < -0.3 is 10.2 Å². The van der Waals surface area contributed by atoms with Gasteiger partial charge in [0.05, 0.1) is 12.1 Å². The number of hydrogen-bond acceptors (Lipinski definition) is 4. The van der Waals surface area contributed by atoms with Gasteiger partial charge in [-0.15, -0.1) is 0 Å². The molecule has 6 nitrogen and oxygen atoms in total. The third-order valence-electron chi connectivity index (χ3n) is 3.04. The lowest BCUT2D eigenvalue weighted by Gasteiger charge is -2.07. The standard InChI is InChI=1S/C14H13NO5S/c1-2-10-11(13(18)19)21-14(20)15(10)7-8-4-3-5-9(6-8)12(16)17/h3-6H,2,7H2,1H3,(H,16,17)(H,18,19). The van der Waals surface area contributed by atoms with Crippen molar-refractivity contribution in [2.24, 2.45) is 0 Å². The van der Waals surface area contributed by atoms with Gasteiger partial charge in [-0.1, -0.05) is 30.4 Å². The summed E-state index contributed by atoms with van der Waals surface area (Å²) in [5, 5.41) is 18.1. The van der Waals surface area contributed by atoms with Crippen molar-refractivity contribution in [2.75, 3.05) is 0 Å². The first kappa shape index (κ1) is 15.0. The second-order valence-corrected chi connectivity index (χ2v) is 5.36. The molecule has 0 saturated heterocycles. The van der Waals surface area contributed by atoms with Crippen molar-refractivity contribution in [3.63, 3.8) is 0 Å². The smallest absolute Gasteiger partial charge is 0.347 e. The fourth-order valence-electron chi connectivity index (χ4n) is 2.10. The molecule has 110 valence electrons. The van der Waals surface area contributed by atoms with Gasteiger partial charge in [-0.05, 0) is 24.1 Å². The summed E-state index contributed by atoms with van der Waals surface area (Å²) in [7, 11) is 0. The quantitative estimate of drug-likeness (QED) is 0.879. The Morgan fingerprint density at radius 3 is 2.52 bits per heavy atom. The molecular weight excluding hydrogens is 294 g/mol. The topological polar surface area (TPSA) is 96.6 Å². The maximum Gasteiger partial charge on any atom is 0.347 e. The number of thiazole rings is 1. The summed E-state index contributed by atoms with van der Waals surface area (Å²) >= 11 is 0.695. The monoisotopic (exact) mass is 307 g/mol. The molecule has 21 heavy (non-hydrogen) atoms. The highest BCUT2D eigenvalue weighted by atomic mass is 32.1. The lowest BCUT2D eigenvalue weighted by Crippen LogP contribution is -2.17. The average molecular weight is 307 g/mol. The van der Waals surface area contributed by atoms with E-state index < -0.39 is 11.9 Å². The minimum absolute atomic E-state index is 0.0388. The molecule has 0 atom stereocenters. The third-order valence-corrected chi connectivity index (χ3v) is 4.05.